The lowest BCUT2D eigenvalue weighted by molar-refractivity contribution is -0.119. The van der Waals surface area contributed by atoms with Crippen molar-refractivity contribution >= 4 is 40.6 Å². The molecule has 16 heavy (non-hydrogen) atoms. The van der Waals surface area contributed by atoms with Crippen molar-refractivity contribution in [3.63, 3.8) is 0 Å². The Morgan fingerprint density at radius 3 is 3.00 bits per heavy atom. The van der Waals surface area contributed by atoms with Crippen LogP contribution in [0.2, 0.25) is 5.02 Å². The van der Waals surface area contributed by atoms with Crippen molar-refractivity contribution in [2.45, 2.75) is 6.42 Å². The number of hydrogen-bond donors (Lipinski definition) is 2. The first kappa shape index (κ1) is 11.6. The molecule has 0 aromatic heterocycles. The molecule has 1 amide bonds. The molecule has 5 heteroatoms. The van der Waals surface area contributed by atoms with E-state index in [1.165, 1.54) is 0 Å². The first-order valence-electron chi connectivity index (χ1n) is 5.10. The number of rotatable bonds is 2. The van der Waals surface area contributed by atoms with Crippen LogP contribution in [0.3, 0.4) is 0 Å². The number of carbonyl (C=O) groups is 1. The second kappa shape index (κ2) is 4.97. The predicted octanol–water partition coefficient (Wildman–Crippen LogP) is 2.61. The van der Waals surface area contributed by atoms with E-state index in [2.05, 4.69) is 5.32 Å². The van der Waals surface area contributed by atoms with E-state index in [1.54, 1.807) is 18.2 Å². The molecular weight excluding hydrogens is 244 g/mol. The summed E-state index contributed by atoms with van der Waals surface area (Å²) in [6.45, 7) is 0. The van der Waals surface area contributed by atoms with Gasteiger partial charge < -0.3 is 11.1 Å². The SMILES string of the molecule is Nc1cc(NC(=O)C2CCSC2)ccc1Cl. The van der Waals surface area contributed by atoms with E-state index in [0.717, 1.165) is 17.9 Å². The molecule has 1 fully saturated rings. The minimum atomic E-state index is 0.0757. The molecule has 1 unspecified atom stereocenters. The molecule has 3 nitrogen and oxygen atoms in total. The van der Waals surface area contributed by atoms with Crippen LogP contribution in [0.25, 0.3) is 0 Å². The smallest absolute Gasteiger partial charge is 0.228 e. The zero-order valence-corrected chi connectivity index (χ0v) is 10.3. The molecule has 0 spiro atoms. The molecule has 0 saturated carbocycles. The lowest BCUT2D eigenvalue weighted by atomic mass is 10.1. The van der Waals surface area contributed by atoms with Crippen LogP contribution in [0.4, 0.5) is 11.4 Å². The fourth-order valence-electron chi connectivity index (χ4n) is 1.61. The van der Waals surface area contributed by atoms with Crippen molar-refractivity contribution in [1.29, 1.82) is 0 Å². The molecule has 0 radical (unpaired) electrons. The Bertz CT molecular complexity index is 405. The molecule has 1 aliphatic rings. The van der Waals surface area contributed by atoms with Gasteiger partial charge in [-0.25, -0.2) is 0 Å². The molecule has 1 aliphatic heterocycles. The Morgan fingerprint density at radius 2 is 2.38 bits per heavy atom. The maximum Gasteiger partial charge on any atom is 0.228 e. The molecule has 1 aromatic carbocycles. The first-order valence-corrected chi connectivity index (χ1v) is 6.64. The number of benzene rings is 1. The van der Waals surface area contributed by atoms with Gasteiger partial charge in [-0.05, 0) is 30.4 Å². The Kier molecular flexibility index (Phi) is 3.61. The second-order valence-corrected chi connectivity index (χ2v) is 5.34. The minimum Gasteiger partial charge on any atom is -0.397 e. The summed E-state index contributed by atoms with van der Waals surface area (Å²) < 4.78 is 0. The molecular formula is C11H13ClN2OS. The van der Waals surface area contributed by atoms with Crippen molar-refractivity contribution in [3.8, 4) is 0 Å². The first-order chi connectivity index (χ1) is 7.66. The van der Waals surface area contributed by atoms with Crippen LogP contribution in [0.5, 0.6) is 0 Å². The molecule has 3 N–H and O–H groups in total. The Labute approximate surface area is 104 Å². The standard InChI is InChI=1S/C11H13ClN2OS/c12-9-2-1-8(5-10(9)13)14-11(15)7-3-4-16-6-7/h1-2,5,7H,3-4,6,13H2,(H,14,15). The Balaban J connectivity index is 2.02. The van der Waals surface area contributed by atoms with Crippen molar-refractivity contribution < 1.29 is 4.79 Å². The maximum absolute atomic E-state index is 11.8. The zero-order chi connectivity index (χ0) is 11.5. The summed E-state index contributed by atoms with van der Waals surface area (Å²) in [6.07, 6.45) is 0.958. The van der Waals surface area contributed by atoms with Crippen molar-refractivity contribution in [3.05, 3.63) is 23.2 Å². The van der Waals surface area contributed by atoms with Crippen LogP contribution < -0.4 is 11.1 Å². The van der Waals surface area contributed by atoms with E-state index >= 15 is 0 Å². The highest BCUT2D eigenvalue weighted by Gasteiger charge is 2.23. The van der Waals surface area contributed by atoms with E-state index in [0.29, 0.717) is 16.4 Å². The molecule has 0 bridgehead atoms. The highest BCUT2D eigenvalue weighted by molar-refractivity contribution is 7.99. The molecule has 86 valence electrons. The van der Waals surface area contributed by atoms with Gasteiger partial charge in [0.05, 0.1) is 10.7 Å². The highest BCUT2D eigenvalue weighted by Crippen LogP contribution is 2.26. The number of carbonyl (C=O) groups excluding carboxylic acids is 1. The van der Waals surface area contributed by atoms with Gasteiger partial charge in [-0.15, -0.1) is 0 Å². The van der Waals surface area contributed by atoms with Gasteiger partial charge in [-0.3, -0.25) is 4.79 Å². The normalized spacial score (nSPS) is 19.7. The lowest BCUT2D eigenvalue weighted by Crippen LogP contribution is -2.22. The van der Waals surface area contributed by atoms with Crippen LogP contribution >= 0.6 is 23.4 Å². The molecule has 1 aromatic rings. The zero-order valence-electron chi connectivity index (χ0n) is 8.70. The summed E-state index contributed by atoms with van der Waals surface area (Å²) in [5, 5.41) is 3.37. The van der Waals surface area contributed by atoms with Crippen LogP contribution in [-0.4, -0.2) is 17.4 Å². The number of halogens is 1. The van der Waals surface area contributed by atoms with E-state index in [4.69, 9.17) is 17.3 Å². The van der Waals surface area contributed by atoms with Crippen LogP contribution in [0.1, 0.15) is 6.42 Å². The number of nitrogens with two attached hydrogens (primary N) is 1. The Hall–Kier alpha value is -0.870. The molecule has 1 atom stereocenters. The monoisotopic (exact) mass is 256 g/mol. The fraction of sp³-hybridized carbons (Fsp3) is 0.364. The van der Waals surface area contributed by atoms with Gasteiger partial charge in [0.15, 0.2) is 0 Å². The van der Waals surface area contributed by atoms with E-state index in [9.17, 15) is 4.79 Å². The number of anilines is 2. The van der Waals surface area contributed by atoms with Crippen LogP contribution in [-0.2, 0) is 4.79 Å². The Morgan fingerprint density at radius 1 is 1.56 bits per heavy atom. The van der Waals surface area contributed by atoms with Crippen molar-refractivity contribution in [2.24, 2.45) is 5.92 Å². The third-order valence-electron chi connectivity index (χ3n) is 2.56. The molecule has 1 saturated heterocycles. The minimum absolute atomic E-state index is 0.0757. The van der Waals surface area contributed by atoms with Crippen molar-refractivity contribution in [1.82, 2.24) is 0 Å². The highest BCUT2D eigenvalue weighted by atomic mass is 35.5. The lowest BCUT2D eigenvalue weighted by Gasteiger charge is -2.10. The molecule has 1 heterocycles. The molecule has 2 rings (SSSR count). The van der Waals surface area contributed by atoms with E-state index in [1.807, 2.05) is 11.8 Å². The predicted molar refractivity (Wildman–Crippen MR) is 69.9 cm³/mol. The van der Waals surface area contributed by atoms with Gasteiger partial charge in [0.2, 0.25) is 5.91 Å². The van der Waals surface area contributed by atoms with Crippen LogP contribution in [0.15, 0.2) is 18.2 Å². The maximum atomic E-state index is 11.8. The summed E-state index contributed by atoms with van der Waals surface area (Å²) in [5.41, 5.74) is 6.86. The van der Waals surface area contributed by atoms with E-state index < -0.39 is 0 Å². The number of hydrogen-bond acceptors (Lipinski definition) is 3. The number of nitrogen functional groups attached to an aromatic ring is 1. The summed E-state index contributed by atoms with van der Waals surface area (Å²) in [5.74, 6) is 2.18. The fourth-order valence-corrected chi connectivity index (χ4v) is 2.95. The van der Waals surface area contributed by atoms with Gasteiger partial charge in [-0.2, -0.15) is 11.8 Å². The van der Waals surface area contributed by atoms with E-state index in [-0.39, 0.29) is 11.8 Å². The average molecular weight is 257 g/mol. The van der Waals surface area contributed by atoms with Gasteiger partial charge in [0.25, 0.3) is 0 Å². The van der Waals surface area contributed by atoms with Gasteiger partial charge in [0, 0.05) is 17.4 Å². The third kappa shape index (κ3) is 2.62. The third-order valence-corrected chi connectivity index (χ3v) is 4.07. The summed E-state index contributed by atoms with van der Waals surface area (Å²) in [7, 11) is 0. The average Bonchev–Trinajstić information content (AvgIpc) is 2.77. The van der Waals surface area contributed by atoms with Gasteiger partial charge in [-0.1, -0.05) is 11.6 Å². The largest absolute Gasteiger partial charge is 0.397 e. The summed E-state index contributed by atoms with van der Waals surface area (Å²) in [6, 6.07) is 5.14. The second-order valence-electron chi connectivity index (χ2n) is 3.79. The van der Waals surface area contributed by atoms with Crippen molar-refractivity contribution in [2.75, 3.05) is 22.6 Å². The number of nitrogens with one attached hydrogen (secondary N) is 1. The van der Waals surface area contributed by atoms with Gasteiger partial charge >= 0.3 is 0 Å². The number of amides is 1. The quantitative estimate of drug-likeness (QED) is 0.800. The topological polar surface area (TPSA) is 55.1 Å². The molecule has 0 aliphatic carbocycles. The summed E-state index contributed by atoms with van der Waals surface area (Å²) >= 11 is 7.62. The van der Waals surface area contributed by atoms with Crippen LogP contribution in [0, 0.1) is 5.92 Å². The van der Waals surface area contributed by atoms with Gasteiger partial charge in [0.1, 0.15) is 0 Å². The summed E-state index contributed by atoms with van der Waals surface area (Å²) in [4.78, 5) is 11.8. The number of thioether (sulfide) groups is 1.